The van der Waals surface area contributed by atoms with Crippen molar-refractivity contribution in [2.75, 3.05) is 0 Å². The number of aromatic nitrogens is 2. The molecule has 10 heavy (non-hydrogen) atoms. The van der Waals surface area contributed by atoms with E-state index in [9.17, 15) is 4.79 Å². The summed E-state index contributed by atoms with van der Waals surface area (Å²) < 4.78 is 4.86. The van der Waals surface area contributed by atoms with Gasteiger partial charge in [0.15, 0.2) is 0 Å². The minimum Gasteiger partial charge on any atom is -0.423 e. The van der Waals surface area contributed by atoms with Crippen molar-refractivity contribution in [3.8, 4) is 0 Å². The Kier molecular flexibility index (Phi) is 1.77. The van der Waals surface area contributed by atoms with Crippen molar-refractivity contribution < 1.29 is 9.21 Å². The lowest BCUT2D eigenvalue weighted by atomic mass is 10.4. The summed E-state index contributed by atoms with van der Waals surface area (Å²) in [7, 11) is 0. The van der Waals surface area contributed by atoms with Crippen molar-refractivity contribution in [2.45, 2.75) is 13.0 Å². The second kappa shape index (κ2) is 2.57. The van der Waals surface area contributed by atoms with Crippen LogP contribution in [0, 0.1) is 6.92 Å². The van der Waals surface area contributed by atoms with Crippen LogP contribution < -0.4 is 5.73 Å². The van der Waals surface area contributed by atoms with Gasteiger partial charge in [-0.2, -0.15) is 0 Å². The van der Waals surface area contributed by atoms with Crippen molar-refractivity contribution in [1.29, 1.82) is 0 Å². The number of carbonyl (C=O) groups is 1. The zero-order valence-electron chi connectivity index (χ0n) is 5.44. The number of nitrogens with two attached hydrogens (primary N) is 1. The summed E-state index contributed by atoms with van der Waals surface area (Å²) >= 11 is 0. The van der Waals surface area contributed by atoms with Gasteiger partial charge in [-0.05, 0) is 0 Å². The summed E-state index contributed by atoms with van der Waals surface area (Å²) in [5, 5.41) is 7.04. The van der Waals surface area contributed by atoms with Crippen LogP contribution in [0.4, 0.5) is 0 Å². The fourth-order valence-electron chi connectivity index (χ4n) is 0.505. The lowest BCUT2D eigenvalue weighted by Gasteiger charge is -1.91. The van der Waals surface area contributed by atoms with Crippen LogP contribution in [0.25, 0.3) is 0 Å². The van der Waals surface area contributed by atoms with E-state index in [0.29, 0.717) is 12.2 Å². The molecule has 5 heteroatoms. The van der Waals surface area contributed by atoms with Gasteiger partial charge in [0.25, 0.3) is 0 Å². The first-order valence-electron chi connectivity index (χ1n) is 2.75. The van der Waals surface area contributed by atoms with Gasteiger partial charge in [0.2, 0.25) is 11.8 Å². The molecule has 0 saturated heterocycles. The molecule has 0 spiro atoms. The molecule has 1 rings (SSSR count). The van der Waals surface area contributed by atoms with Gasteiger partial charge in [-0.25, -0.2) is 0 Å². The predicted molar refractivity (Wildman–Crippen MR) is 32.0 cm³/mol. The first-order chi connectivity index (χ1) is 4.74. The summed E-state index contributed by atoms with van der Waals surface area (Å²) in [5.74, 6) is 0.569. The van der Waals surface area contributed by atoms with Gasteiger partial charge in [-0.15, -0.1) is 10.2 Å². The molecule has 1 heterocycles. The smallest absolute Gasteiger partial charge is 0.240 e. The van der Waals surface area contributed by atoms with Crippen LogP contribution in [0.5, 0.6) is 0 Å². The largest absolute Gasteiger partial charge is 0.423 e. The Morgan fingerprint density at radius 1 is 1.70 bits per heavy atom. The average molecular weight is 141 g/mol. The maximum Gasteiger partial charge on any atom is 0.240 e. The van der Waals surface area contributed by atoms with E-state index in [1.165, 1.54) is 0 Å². The second-order valence-electron chi connectivity index (χ2n) is 1.82. The molecule has 5 nitrogen and oxygen atoms in total. The number of hydrogen-bond donors (Lipinski definition) is 1. The Bertz CT molecular complexity index is 233. The summed E-state index contributed by atoms with van der Waals surface area (Å²) in [5.41, 5.74) is 5.24. The molecule has 54 valence electrons. The molecule has 1 unspecified atom stereocenters. The monoisotopic (exact) mass is 141 g/mol. The lowest BCUT2D eigenvalue weighted by Crippen LogP contribution is -2.11. The number of rotatable bonds is 2. The Morgan fingerprint density at radius 3 is 2.80 bits per heavy atom. The van der Waals surface area contributed by atoms with Gasteiger partial charge in [-0.1, -0.05) is 0 Å². The topological polar surface area (TPSA) is 82.0 Å². The molecule has 1 aromatic rings. The van der Waals surface area contributed by atoms with E-state index in [1.54, 1.807) is 6.92 Å². The molecule has 0 amide bonds. The number of carbonyl (C=O) groups excluding carboxylic acids is 1. The van der Waals surface area contributed by atoms with E-state index < -0.39 is 6.04 Å². The fourth-order valence-corrected chi connectivity index (χ4v) is 0.505. The molecule has 0 fully saturated rings. The van der Waals surface area contributed by atoms with Gasteiger partial charge in [0.1, 0.15) is 12.3 Å². The first-order valence-corrected chi connectivity index (χ1v) is 2.75. The SMILES string of the molecule is Cc1nnc(C(N)C=O)o1. The summed E-state index contributed by atoms with van der Waals surface area (Å²) in [6.07, 6.45) is 0.549. The number of nitrogens with zero attached hydrogens (tertiary/aromatic N) is 2. The maximum absolute atomic E-state index is 10.1. The maximum atomic E-state index is 10.1. The fraction of sp³-hybridized carbons (Fsp3) is 0.400. The van der Waals surface area contributed by atoms with Crippen LogP contribution in [0.2, 0.25) is 0 Å². The molecular formula is C5H7N3O2. The van der Waals surface area contributed by atoms with Crippen LogP contribution >= 0.6 is 0 Å². The van der Waals surface area contributed by atoms with Crippen LogP contribution in [-0.4, -0.2) is 16.5 Å². The molecule has 0 radical (unpaired) electrons. The highest BCUT2D eigenvalue weighted by Crippen LogP contribution is 2.04. The molecule has 2 N–H and O–H groups in total. The van der Waals surface area contributed by atoms with E-state index in [-0.39, 0.29) is 5.89 Å². The highest BCUT2D eigenvalue weighted by Gasteiger charge is 2.10. The molecular weight excluding hydrogens is 134 g/mol. The summed E-state index contributed by atoms with van der Waals surface area (Å²) in [4.78, 5) is 10.1. The van der Waals surface area contributed by atoms with Gasteiger partial charge < -0.3 is 14.9 Å². The number of hydrogen-bond acceptors (Lipinski definition) is 5. The molecule has 0 aliphatic rings. The lowest BCUT2D eigenvalue weighted by molar-refractivity contribution is -0.109. The molecule has 1 atom stereocenters. The number of aldehydes is 1. The van der Waals surface area contributed by atoms with Crippen molar-refractivity contribution in [2.24, 2.45) is 5.73 Å². The van der Waals surface area contributed by atoms with E-state index in [2.05, 4.69) is 10.2 Å². The van der Waals surface area contributed by atoms with Crippen LogP contribution in [0.1, 0.15) is 17.8 Å². The number of aryl methyl sites for hydroxylation is 1. The highest BCUT2D eigenvalue weighted by atomic mass is 16.4. The third-order valence-corrected chi connectivity index (χ3v) is 0.973. The minimum atomic E-state index is -0.791. The normalized spacial score (nSPS) is 13.0. The van der Waals surface area contributed by atoms with Crippen molar-refractivity contribution in [3.05, 3.63) is 11.8 Å². The van der Waals surface area contributed by atoms with Crippen molar-refractivity contribution in [3.63, 3.8) is 0 Å². The summed E-state index contributed by atoms with van der Waals surface area (Å²) in [6.45, 7) is 1.63. The standard InChI is InChI=1S/C5H7N3O2/c1-3-7-8-5(10-3)4(6)2-9/h2,4H,6H2,1H3. The predicted octanol–water partition coefficient (Wildman–Crippen LogP) is -0.423. The molecule has 0 aliphatic heterocycles. The Hall–Kier alpha value is -1.23. The van der Waals surface area contributed by atoms with Crippen molar-refractivity contribution in [1.82, 2.24) is 10.2 Å². The molecule has 0 saturated carbocycles. The third-order valence-electron chi connectivity index (χ3n) is 0.973. The summed E-state index contributed by atoms with van der Waals surface area (Å²) in [6, 6.07) is -0.791. The van der Waals surface area contributed by atoms with Gasteiger partial charge in [0, 0.05) is 6.92 Å². The first kappa shape index (κ1) is 6.88. The van der Waals surface area contributed by atoms with Gasteiger partial charge in [0.05, 0.1) is 0 Å². The molecule has 0 bridgehead atoms. The molecule has 0 aliphatic carbocycles. The Balaban J connectivity index is 2.84. The van der Waals surface area contributed by atoms with Crippen LogP contribution in [0.15, 0.2) is 4.42 Å². The van der Waals surface area contributed by atoms with Gasteiger partial charge >= 0.3 is 0 Å². The average Bonchev–Trinajstić information content (AvgIpc) is 2.34. The van der Waals surface area contributed by atoms with E-state index in [4.69, 9.17) is 10.2 Å². The quantitative estimate of drug-likeness (QED) is 0.565. The minimum absolute atomic E-state index is 0.160. The zero-order chi connectivity index (χ0) is 7.56. The highest BCUT2D eigenvalue weighted by molar-refractivity contribution is 5.58. The van der Waals surface area contributed by atoms with E-state index >= 15 is 0 Å². The van der Waals surface area contributed by atoms with Crippen LogP contribution in [-0.2, 0) is 4.79 Å². The molecule has 0 aromatic carbocycles. The van der Waals surface area contributed by atoms with E-state index in [1.807, 2.05) is 0 Å². The molecule has 1 aromatic heterocycles. The zero-order valence-corrected chi connectivity index (χ0v) is 5.44. The van der Waals surface area contributed by atoms with Gasteiger partial charge in [-0.3, -0.25) is 0 Å². The van der Waals surface area contributed by atoms with Crippen LogP contribution in [0.3, 0.4) is 0 Å². The third kappa shape index (κ3) is 1.19. The Morgan fingerprint density at radius 2 is 2.40 bits per heavy atom. The van der Waals surface area contributed by atoms with E-state index in [0.717, 1.165) is 0 Å². The Labute approximate surface area is 57.2 Å². The second-order valence-corrected chi connectivity index (χ2v) is 1.82. The van der Waals surface area contributed by atoms with Crippen molar-refractivity contribution >= 4 is 6.29 Å².